The second kappa shape index (κ2) is 5.39. The highest BCUT2D eigenvalue weighted by Crippen LogP contribution is 2.34. The Morgan fingerprint density at radius 1 is 1.40 bits per heavy atom. The van der Waals surface area contributed by atoms with Gasteiger partial charge in [-0.1, -0.05) is 0 Å². The van der Waals surface area contributed by atoms with Crippen molar-refractivity contribution in [2.24, 2.45) is 5.14 Å². The molecule has 0 amide bonds. The molecule has 1 aliphatic rings. The molecule has 0 atom stereocenters. The van der Waals surface area contributed by atoms with Crippen LogP contribution in [0.5, 0.6) is 0 Å². The van der Waals surface area contributed by atoms with E-state index in [1.807, 2.05) is 0 Å². The Kier molecular flexibility index (Phi) is 3.98. The molecule has 1 saturated carbocycles. The molecule has 1 aromatic rings. The zero-order valence-corrected chi connectivity index (χ0v) is 11.5. The molecule has 110 valence electrons. The number of nitrogens with two attached hydrogens (primary N) is 1. The van der Waals surface area contributed by atoms with E-state index in [0.29, 0.717) is 12.2 Å². The lowest BCUT2D eigenvalue weighted by molar-refractivity contribution is 0.0697. The summed E-state index contributed by atoms with van der Waals surface area (Å²) in [6.07, 6.45) is 1.85. The summed E-state index contributed by atoms with van der Waals surface area (Å²) in [6, 6.07) is 3.96. The van der Waals surface area contributed by atoms with Crippen LogP contribution >= 0.6 is 0 Å². The van der Waals surface area contributed by atoms with Gasteiger partial charge < -0.3 is 15.1 Å². The maximum Gasteiger partial charge on any atom is 0.337 e. The van der Waals surface area contributed by atoms with Crippen molar-refractivity contribution in [2.75, 3.05) is 18.1 Å². The lowest BCUT2D eigenvalue weighted by Gasteiger charge is -2.25. The van der Waals surface area contributed by atoms with E-state index >= 15 is 0 Å². The van der Waals surface area contributed by atoms with Crippen LogP contribution in [-0.2, 0) is 10.0 Å². The number of aliphatic hydroxyl groups excluding tert-OH is 1. The predicted molar refractivity (Wildman–Crippen MR) is 72.2 cm³/mol. The molecule has 20 heavy (non-hydrogen) atoms. The number of benzene rings is 1. The van der Waals surface area contributed by atoms with Gasteiger partial charge in [0.2, 0.25) is 10.0 Å². The monoisotopic (exact) mass is 300 g/mol. The van der Waals surface area contributed by atoms with Crippen molar-refractivity contribution in [1.82, 2.24) is 0 Å². The van der Waals surface area contributed by atoms with Crippen molar-refractivity contribution < 1.29 is 23.4 Å². The summed E-state index contributed by atoms with van der Waals surface area (Å²) in [7, 11) is -3.95. The van der Waals surface area contributed by atoms with Gasteiger partial charge in [-0.25, -0.2) is 18.4 Å². The van der Waals surface area contributed by atoms with Crippen molar-refractivity contribution in [3.05, 3.63) is 23.8 Å². The summed E-state index contributed by atoms with van der Waals surface area (Å²) in [5, 5.41) is 23.3. The fraction of sp³-hybridized carbons (Fsp3) is 0.417. The number of carboxylic acids is 1. The summed E-state index contributed by atoms with van der Waals surface area (Å²) in [6.45, 7) is 0.201. The van der Waals surface area contributed by atoms with Crippen LogP contribution in [-0.4, -0.2) is 43.8 Å². The van der Waals surface area contributed by atoms with Crippen molar-refractivity contribution in [1.29, 1.82) is 0 Å². The molecule has 0 saturated heterocycles. The molecular formula is C12H16N2O5S. The van der Waals surface area contributed by atoms with Crippen LogP contribution in [0.3, 0.4) is 0 Å². The molecule has 0 radical (unpaired) electrons. The fourth-order valence-electron chi connectivity index (χ4n) is 2.11. The number of carboxylic acid groups (broad SMARTS) is 1. The summed E-state index contributed by atoms with van der Waals surface area (Å²) in [5.74, 6) is -1.23. The highest BCUT2D eigenvalue weighted by atomic mass is 32.2. The van der Waals surface area contributed by atoms with E-state index in [4.69, 9.17) is 10.2 Å². The van der Waals surface area contributed by atoms with Gasteiger partial charge in [0.25, 0.3) is 0 Å². The standard InChI is InChI=1S/C12H16N2O5S/c13-20(18,19)9-3-4-11(10(7-9)12(16)17)14(5-6-15)8-1-2-8/h3-4,7-8,15H,1-2,5-6H2,(H,16,17)(H2,13,18,19). The Bertz CT molecular complexity index is 625. The third-order valence-electron chi connectivity index (χ3n) is 3.16. The van der Waals surface area contributed by atoms with Crippen molar-refractivity contribution in [3.8, 4) is 0 Å². The molecule has 8 heteroatoms. The van der Waals surface area contributed by atoms with Gasteiger partial charge in [0.1, 0.15) is 0 Å². The minimum Gasteiger partial charge on any atom is -0.478 e. The molecule has 7 nitrogen and oxygen atoms in total. The van der Waals surface area contributed by atoms with Gasteiger partial charge >= 0.3 is 5.97 Å². The number of sulfonamides is 1. The van der Waals surface area contributed by atoms with Crippen molar-refractivity contribution in [3.63, 3.8) is 0 Å². The SMILES string of the molecule is NS(=O)(=O)c1ccc(N(CCO)C2CC2)c(C(=O)O)c1. The van der Waals surface area contributed by atoms with E-state index in [0.717, 1.165) is 18.9 Å². The molecule has 0 spiro atoms. The number of aliphatic hydroxyl groups is 1. The van der Waals surface area contributed by atoms with Crippen LogP contribution in [0, 0.1) is 0 Å². The molecule has 0 aromatic heterocycles. The average molecular weight is 300 g/mol. The number of hydrogen-bond donors (Lipinski definition) is 3. The second-order valence-electron chi connectivity index (χ2n) is 4.68. The number of carbonyl (C=O) groups is 1. The van der Waals surface area contributed by atoms with E-state index in [1.165, 1.54) is 12.1 Å². The zero-order chi connectivity index (χ0) is 14.9. The van der Waals surface area contributed by atoms with Gasteiger partial charge in [0.05, 0.1) is 22.8 Å². The molecule has 0 unspecified atom stereocenters. The van der Waals surface area contributed by atoms with E-state index in [2.05, 4.69) is 0 Å². The van der Waals surface area contributed by atoms with E-state index in [-0.39, 0.29) is 23.1 Å². The van der Waals surface area contributed by atoms with Crippen LogP contribution in [0.4, 0.5) is 5.69 Å². The molecule has 0 aliphatic heterocycles. The number of aromatic carboxylic acids is 1. The topological polar surface area (TPSA) is 121 Å². The van der Waals surface area contributed by atoms with Crippen LogP contribution in [0.15, 0.2) is 23.1 Å². The van der Waals surface area contributed by atoms with Crippen LogP contribution < -0.4 is 10.0 Å². The molecule has 2 rings (SSSR count). The summed E-state index contributed by atoms with van der Waals surface area (Å²) >= 11 is 0. The Morgan fingerprint density at radius 3 is 2.50 bits per heavy atom. The highest BCUT2D eigenvalue weighted by Gasteiger charge is 2.31. The van der Waals surface area contributed by atoms with Crippen LogP contribution in [0.25, 0.3) is 0 Å². The second-order valence-corrected chi connectivity index (χ2v) is 6.24. The number of anilines is 1. The maximum absolute atomic E-state index is 11.3. The Morgan fingerprint density at radius 2 is 2.05 bits per heavy atom. The van der Waals surface area contributed by atoms with Crippen molar-refractivity contribution >= 4 is 21.7 Å². The van der Waals surface area contributed by atoms with E-state index in [1.54, 1.807) is 4.90 Å². The third-order valence-corrected chi connectivity index (χ3v) is 4.08. The van der Waals surface area contributed by atoms with Crippen LogP contribution in [0.2, 0.25) is 0 Å². The Hall–Kier alpha value is -1.64. The normalized spacial score (nSPS) is 15.1. The first-order valence-corrected chi connectivity index (χ1v) is 7.67. The molecule has 4 N–H and O–H groups in total. The minimum atomic E-state index is -3.95. The maximum atomic E-state index is 11.3. The molecule has 1 fully saturated rings. The largest absolute Gasteiger partial charge is 0.478 e. The van der Waals surface area contributed by atoms with E-state index < -0.39 is 16.0 Å². The van der Waals surface area contributed by atoms with Crippen LogP contribution in [0.1, 0.15) is 23.2 Å². The molecular weight excluding hydrogens is 284 g/mol. The number of hydrogen-bond acceptors (Lipinski definition) is 5. The fourth-order valence-corrected chi connectivity index (χ4v) is 2.65. The first-order chi connectivity index (χ1) is 9.34. The third kappa shape index (κ3) is 3.09. The minimum absolute atomic E-state index is 0.105. The van der Waals surface area contributed by atoms with E-state index in [9.17, 15) is 18.3 Å². The average Bonchev–Trinajstić information content (AvgIpc) is 3.18. The molecule has 0 heterocycles. The molecule has 1 aliphatic carbocycles. The summed E-state index contributed by atoms with van der Waals surface area (Å²) < 4.78 is 22.6. The summed E-state index contributed by atoms with van der Waals surface area (Å²) in [4.78, 5) is 12.9. The number of rotatable bonds is 6. The number of primary sulfonamides is 1. The summed E-state index contributed by atoms with van der Waals surface area (Å²) in [5.41, 5.74) is 0.276. The first-order valence-electron chi connectivity index (χ1n) is 6.12. The Balaban J connectivity index is 2.49. The van der Waals surface area contributed by atoms with Gasteiger partial charge in [-0.3, -0.25) is 0 Å². The predicted octanol–water partition coefficient (Wildman–Crippen LogP) is -0.00670. The van der Waals surface area contributed by atoms with Gasteiger partial charge in [-0.2, -0.15) is 0 Å². The Labute approximate surface area is 116 Å². The molecule has 0 bridgehead atoms. The first kappa shape index (κ1) is 14.8. The molecule has 1 aromatic carbocycles. The van der Waals surface area contributed by atoms with Crippen molar-refractivity contribution in [2.45, 2.75) is 23.8 Å². The smallest absolute Gasteiger partial charge is 0.337 e. The quantitative estimate of drug-likeness (QED) is 0.679. The number of nitrogens with zero attached hydrogens (tertiary/aromatic N) is 1. The lowest BCUT2D eigenvalue weighted by Crippen LogP contribution is -2.30. The zero-order valence-electron chi connectivity index (χ0n) is 10.7. The van der Waals surface area contributed by atoms with Gasteiger partial charge in [0, 0.05) is 12.6 Å². The van der Waals surface area contributed by atoms with Gasteiger partial charge in [-0.05, 0) is 31.0 Å². The van der Waals surface area contributed by atoms with Gasteiger partial charge in [-0.15, -0.1) is 0 Å². The highest BCUT2D eigenvalue weighted by molar-refractivity contribution is 7.89. The lowest BCUT2D eigenvalue weighted by atomic mass is 10.1. The van der Waals surface area contributed by atoms with Gasteiger partial charge in [0.15, 0.2) is 0 Å².